The molecule has 0 radical (unpaired) electrons. The van der Waals surface area contributed by atoms with E-state index in [9.17, 15) is 13.6 Å². The summed E-state index contributed by atoms with van der Waals surface area (Å²) in [7, 11) is 0. The Labute approximate surface area is 141 Å². The van der Waals surface area contributed by atoms with Crippen molar-refractivity contribution in [2.45, 2.75) is 13.0 Å². The molecule has 0 spiro atoms. The van der Waals surface area contributed by atoms with E-state index in [-0.39, 0.29) is 17.3 Å². The Morgan fingerprint density at radius 3 is 2.56 bits per heavy atom. The van der Waals surface area contributed by atoms with Gasteiger partial charge in [-0.25, -0.2) is 13.4 Å². The van der Waals surface area contributed by atoms with Crippen LogP contribution < -0.4 is 10.1 Å². The van der Waals surface area contributed by atoms with Crippen LogP contribution in [0.15, 0.2) is 53.2 Å². The average Bonchev–Trinajstić information content (AvgIpc) is 3.05. The van der Waals surface area contributed by atoms with E-state index in [1.165, 1.54) is 49.4 Å². The molecular weight excluding hydrogens is 332 g/mol. The topological polar surface area (TPSA) is 77.2 Å². The Kier molecular flexibility index (Phi) is 4.69. The highest BCUT2D eigenvalue weighted by molar-refractivity contribution is 5.95. The minimum Gasteiger partial charge on any atom is -0.478 e. The van der Waals surface area contributed by atoms with E-state index in [0.29, 0.717) is 5.56 Å². The predicted octanol–water partition coefficient (Wildman–Crippen LogP) is 3.42. The molecular formula is C17H13F2N3O3. The highest BCUT2D eigenvalue weighted by atomic mass is 19.1. The van der Waals surface area contributed by atoms with E-state index >= 15 is 0 Å². The van der Waals surface area contributed by atoms with Gasteiger partial charge < -0.3 is 10.1 Å². The Balaban J connectivity index is 1.72. The SMILES string of the molecule is CC(Oc1ccccc1F)C(=O)Nc1nonc1-c1ccc(F)cc1. The molecule has 1 aromatic heterocycles. The normalized spacial score (nSPS) is 11.8. The van der Waals surface area contributed by atoms with Gasteiger partial charge in [0.1, 0.15) is 5.82 Å². The molecule has 0 saturated carbocycles. The molecule has 0 saturated heterocycles. The number of ether oxygens (including phenoxy) is 1. The first-order valence-corrected chi connectivity index (χ1v) is 7.35. The number of carbonyl (C=O) groups excluding carboxylic acids is 1. The molecule has 3 rings (SSSR count). The molecule has 1 atom stereocenters. The third-order valence-corrected chi connectivity index (χ3v) is 3.36. The molecule has 0 aliphatic carbocycles. The van der Waals surface area contributed by atoms with Gasteiger partial charge in [0.15, 0.2) is 23.4 Å². The lowest BCUT2D eigenvalue weighted by Gasteiger charge is -2.14. The predicted molar refractivity (Wildman–Crippen MR) is 84.8 cm³/mol. The van der Waals surface area contributed by atoms with Crippen molar-refractivity contribution in [3.63, 3.8) is 0 Å². The average molecular weight is 345 g/mol. The summed E-state index contributed by atoms with van der Waals surface area (Å²) >= 11 is 0. The van der Waals surface area contributed by atoms with Crippen LogP contribution >= 0.6 is 0 Å². The van der Waals surface area contributed by atoms with Crippen molar-refractivity contribution in [3.05, 3.63) is 60.2 Å². The lowest BCUT2D eigenvalue weighted by molar-refractivity contribution is -0.122. The van der Waals surface area contributed by atoms with Gasteiger partial charge in [-0.1, -0.05) is 12.1 Å². The fourth-order valence-electron chi connectivity index (χ4n) is 2.07. The number of para-hydroxylation sites is 1. The Morgan fingerprint density at radius 2 is 1.84 bits per heavy atom. The van der Waals surface area contributed by atoms with Crippen molar-refractivity contribution in [1.29, 1.82) is 0 Å². The van der Waals surface area contributed by atoms with Gasteiger partial charge in [0.25, 0.3) is 5.91 Å². The van der Waals surface area contributed by atoms with Crippen molar-refractivity contribution in [2.75, 3.05) is 5.32 Å². The molecule has 0 aliphatic heterocycles. The standard InChI is InChI=1S/C17H13F2N3O3/c1-10(24-14-5-3-2-4-13(14)19)17(23)20-16-15(21-25-22-16)11-6-8-12(18)9-7-11/h2-10H,1H3,(H,20,22,23). The third-order valence-electron chi connectivity index (χ3n) is 3.36. The van der Waals surface area contributed by atoms with E-state index in [0.717, 1.165) is 0 Å². The summed E-state index contributed by atoms with van der Waals surface area (Å²) in [6.07, 6.45) is -0.991. The quantitative estimate of drug-likeness (QED) is 0.767. The first kappa shape index (κ1) is 16.6. The van der Waals surface area contributed by atoms with Crippen molar-refractivity contribution < 1.29 is 22.9 Å². The van der Waals surface area contributed by atoms with Gasteiger partial charge >= 0.3 is 0 Å². The zero-order valence-corrected chi connectivity index (χ0v) is 13.1. The number of nitrogens with one attached hydrogen (secondary N) is 1. The van der Waals surface area contributed by atoms with Gasteiger partial charge in [-0.3, -0.25) is 4.79 Å². The molecule has 1 N–H and O–H groups in total. The van der Waals surface area contributed by atoms with Crippen LogP contribution in [0, 0.1) is 11.6 Å². The van der Waals surface area contributed by atoms with Gasteiger partial charge in [0.2, 0.25) is 5.82 Å². The minimum atomic E-state index is -0.991. The number of hydrogen-bond donors (Lipinski definition) is 1. The lowest BCUT2D eigenvalue weighted by atomic mass is 10.1. The first-order chi connectivity index (χ1) is 12.0. The van der Waals surface area contributed by atoms with Crippen LogP contribution in [0.2, 0.25) is 0 Å². The number of anilines is 1. The van der Waals surface area contributed by atoms with E-state index in [1.807, 2.05) is 0 Å². The summed E-state index contributed by atoms with van der Waals surface area (Å²) in [5.41, 5.74) is 0.757. The molecule has 1 amide bonds. The zero-order valence-electron chi connectivity index (χ0n) is 13.1. The Bertz CT molecular complexity index is 881. The van der Waals surface area contributed by atoms with Gasteiger partial charge in [0, 0.05) is 5.56 Å². The summed E-state index contributed by atoms with van der Waals surface area (Å²) in [5.74, 6) is -1.53. The van der Waals surface area contributed by atoms with Gasteiger partial charge in [-0.2, -0.15) is 0 Å². The number of halogens is 2. The van der Waals surface area contributed by atoms with Crippen LogP contribution in [0.25, 0.3) is 11.3 Å². The fraction of sp³-hybridized carbons (Fsp3) is 0.118. The highest BCUT2D eigenvalue weighted by Crippen LogP contribution is 2.25. The maximum atomic E-state index is 13.6. The van der Waals surface area contributed by atoms with E-state index in [2.05, 4.69) is 20.3 Å². The molecule has 3 aromatic rings. The van der Waals surface area contributed by atoms with Gasteiger partial charge in [-0.15, -0.1) is 0 Å². The summed E-state index contributed by atoms with van der Waals surface area (Å²) in [5, 5.41) is 9.82. The molecule has 1 heterocycles. The zero-order chi connectivity index (χ0) is 17.8. The molecule has 0 aliphatic rings. The number of carbonyl (C=O) groups is 1. The number of benzene rings is 2. The highest BCUT2D eigenvalue weighted by Gasteiger charge is 2.21. The molecule has 0 fully saturated rings. The number of nitrogens with zero attached hydrogens (tertiary/aromatic N) is 2. The molecule has 128 valence electrons. The number of amides is 1. The number of rotatable bonds is 5. The van der Waals surface area contributed by atoms with E-state index < -0.39 is 23.6 Å². The molecule has 2 aromatic carbocycles. The third kappa shape index (κ3) is 3.79. The summed E-state index contributed by atoms with van der Waals surface area (Å²) in [6.45, 7) is 1.47. The molecule has 6 nitrogen and oxygen atoms in total. The maximum absolute atomic E-state index is 13.6. The van der Waals surface area contributed by atoms with Crippen LogP contribution in [0.4, 0.5) is 14.6 Å². The smallest absolute Gasteiger partial charge is 0.266 e. The second-order valence-corrected chi connectivity index (χ2v) is 5.15. The minimum absolute atomic E-state index is 0.0396. The molecule has 8 heteroatoms. The van der Waals surface area contributed by atoms with Crippen molar-refractivity contribution >= 4 is 11.7 Å². The second kappa shape index (κ2) is 7.08. The van der Waals surface area contributed by atoms with Crippen LogP contribution in [0.5, 0.6) is 5.75 Å². The van der Waals surface area contributed by atoms with Crippen LogP contribution in [0.3, 0.4) is 0 Å². The summed E-state index contributed by atoms with van der Waals surface area (Å²) in [6, 6.07) is 11.2. The van der Waals surface area contributed by atoms with E-state index in [1.54, 1.807) is 6.07 Å². The van der Waals surface area contributed by atoms with Crippen LogP contribution in [-0.4, -0.2) is 22.3 Å². The monoisotopic (exact) mass is 345 g/mol. The number of hydrogen-bond acceptors (Lipinski definition) is 5. The fourth-order valence-corrected chi connectivity index (χ4v) is 2.07. The first-order valence-electron chi connectivity index (χ1n) is 7.35. The lowest BCUT2D eigenvalue weighted by Crippen LogP contribution is -2.30. The maximum Gasteiger partial charge on any atom is 0.266 e. The van der Waals surface area contributed by atoms with Gasteiger partial charge in [-0.05, 0) is 53.6 Å². The van der Waals surface area contributed by atoms with Gasteiger partial charge in [0.05, 0.1) is 0 Å². The Morgan fingerprint density at radius 1 is 1.12 bits per heavy atom. The van der Waals surface area contributed by atoms with Crippen molar-refractivity contribution in [3.8, 4) is 17.0 Å². The van der Waals surface area contributed by atoms with Crippen molar-refractivity contribution in [2.24, 2.45) is 0 Å². The molecule has 25 heavy (non-hydrogen) atoms. The van der Waals surface area contributed by atoms with Crippen LogP contribution in [0.1, 0.15) is 6.92 Å². The van der Waals surface area contributed by atoms with E-state index in [4.69, 9.17) is 4.74 Å². The van der Waals surface area contributed by atoms with Crippen molar-refractivity contribution in [1.82, 2.24) is 10.3 Å². The Hall–Kier alpha value is -3.29. The second-order valence-electron chi connectivity index (χ2n) is 5.15. The largest absolute Gasteiger partial charge is 0.478 e. The molecule has 1 unspecified atom stereocenters. The summed E-state index contributed by atoms with van der Waals surface area (Å²) < 4.78 is 36.5. The van der Waals surface area contributed by atoms with Crippen LogP contribution in [-0.2, 0) is 4.79 Å². The summed E-state index contributed by atoms with van der Waals surface area (Å²) in [4.78, 5) is 12.2. The number of aromatic nitrogens is 2. The molecule has 0 bridgehead atoms.